The summed E-state index contributed by atoms with van der Waals surface area (Å²) in [5.74, 6) is -15.6. The van der Waals surface area contributed by atoms with E-state index in [4.69, 9.17) is 17.2 Å². The molecule has 88 heavy (non-hydrogen) atoms. The molecule has 1 fully saturated rings. The van der Waals surface area contributed by atoms with Crippen LogP contribution in [-0.4, -0.2) is 224 Å². The average Bonchev–Trinajstić information content (AvgIpc) is 2.16. The van der Waals surface area contributed by atoms with Crippen molar-refractivity contribution >= 4 is 120 Å². The van der Waals surface area contributed by atoms with Gasteiger partial charge in [-0.15, -0.1) is 0 Å². The maximum Gasteiger partial charge on any atom is 0.326 e. The standard InChI is InChI=1S/C53H84N14O18S3/c1-24(2)16-33(53(84)85)62-49(80)35(22-86)64-46(77)32(19-39(55)72)60-44(75)29(13-15-88-6)58-45(76)30(17-27-9-11-28(70)12-10-27)61-52(83)42(25(3)4)66-47(78)34(21-68)63-50(81)37-8-7-14-67(37)40(73)20-57-43(74)31(18-38(54)71)59-48(79)36(23-87)65-51(82)41(56)26(5)69/h9-12,24-26,29-37,41-42,68-70,86-87H,7-8,13-23,56H2,1-6H3,(H2,54,71)(H2,55,72)(H,57,74)(H,58,76)(H,59,79)(H,60,75)(H,61,83)(H,62,80)(H,63,81)(H,64,77)(H,65,82)(H,66,78)(H,84,85)/t26-,29+,30+,31+,32+,33+,34+,35+,36+,37+,41+,42+/m1/s1. The van der Waals surface area contributed by atoms with E-state index in [1.165, 1.54) is 56.8 Å². The van der Waals surface area contributed by atoms with Crippen LogP contribution in [0.2, 0.25) is 0 Å². The van der Waals surface area contributed by atoms with E-state index >= 15 is 0 Å². The van der Waals surface area contributed by atoms with E-state index in [9.17, 15) is 87.5 Å². The summed E-state index contributed by atoms with van der Waals surface area (Å²) in [5.41, 5.74) is 16.8. The average molecular weight is 1300 g/mol. The van der Waals surface area contributed by atoms with Gasteiger partial charge in [0.1, 0.15) is 72.2 Å². The molecule has 1 saturated heterocycles. The number of hydrogen-bond acceptors (Lipinski definition) is 21. The lowest BCUT2D eigenvalue weighted by Gasteiger charge is -2.29. The fraction of sp³-hybridized carbons (Fsp3) is 0.623. The van der Waals surface area contributed by atoms with Gasteiger partial charge in [-0.25, -0.2) is 4.79 Å². The van der Waals surface area contributed by atoms with E-state index in [2.05, 4.69) is 78.4 Å². The van der Waals surface area contributed by atoms with Crippen molar-refractivity contribution in [1.29, 1.82) is 0 Å². The topological polar surface area (TPSA) is 521 Å². The molecule has 1 heterocycles. The van der Waals surface area contributed by atoms with Crippen LogP contribution in [0, 0.1) is 11.8 Å². The predicted molar refractivity (Wildman–Crippen MR) is 324 cm³/mol. The van der Waals surface area contributed by atoms with Crippen molar-refractivity contribution < 1.29 is 87.5 Å². The summed E-state index contributed by atoms with van der Waals surface area (Å²) >= 11 is 9.41. The van der Waals surface area contributed by atoms with Gasteiger partial charge in [-0.3, -0.25) is 62.3 Å². The van der Waals surface area contributed by atoms with Crippen LogP contribution in [0.3, 0.4) is 0 Å². The Morgan fingerprint density at radius 3 is 1.58 bits per heavy atom. The van der Waals surface area contributed by atoms with Crippen molar-refractivity contribution in [2.75, 3.05) is 43.2 Å². The summed E-state index contributed by atoms with van der Waals surface area (Å²) in [6.45, 7) is 5.96. The van der Waals surface area contributed by atoms with Gasteiger partial charge in [0.25, 0.3) is 0 Å². The zero-order valence-corrected chi connectivity index (χ0v) is 52.2. The van der Waals surface area contributed by atoms with Crippen molar-refractivity contribution in [3.63, 3.8) is 0 Å². The van der Waals surface area contributed by atoms with E-state index < -0.39 is 187 Å². The molecule has 0 saturated carbocycles. The molecule has 1 aromatic rings. The summed E-state index contributed by atoms with van der Waals surface area (Å²) < 4.78 is 0. The molecule has 1 aliphatic rings. The third kappa shape index (κ3) is 25.7. The third-order valence-electron chi connectivity index (χ3n) is 13.5. The summed E-state index contributed by atoms with van der Waals surface area (Å²) in [5, 5.41) is 63.5. The number of carbonyl (C=O) groups excluding carboxylic acids is 13. The number of carboxylic acid groups (broad SMARTS) is 1. The smallest absolute Gasteiger partial charge is 0.326 e. The first kappa shape index (κ1) is 76.6. The number of nitrogens with two attached hydrogens (primary N) is 3. The number of thiol groups is 2. The number of hydrogen-bond donors (Lipinski definition) is 19. The number of aliphatic carboxylic acids is 1. The zero-order chi connectivity index (χ0) is 66.7. The van der Waals surface area contributed by atoms with Crippen LogP contribution in [0.4, 0.5) is 0 Å². The molecular weight excluding hydrogens is 1220 g/mol. The highest BCUT2D eigenvalue weighted by molar-refractivity contribution is 7.98. The van der Waals surface area contributed by atoms with Gasteiger partial charge in [0, 0.05) is 24.5 Å². The minimum atomic E-state index is -1.74. The Labute approximate surface area is 523 Å². The number of thioether (sulfide) groups is 1. The van der Waals surface area contributed by atoms with Gasteiger partial charge in [0.2, 0.25) is 76.8 Å². The van der Waals surface area contributed by atoms with Crippen LogP contribution in [0.25, 0.3) is 0 Å². The monoisotopic (exact) mass is 1300 g/mol. The number of aliphatic hydroxyl groups excluding tert-OH is 2. The first-order chi connectivity index (χ1) is 41.3. The Balaban J connectivity index is 2.31. The fourth-order valence-corrected chi connectivity index (χ4v) is 9.56. The number of nitrogens with zero attached hydrogens (tertiary/aromatic N) is 1. The highest BCUT2D eigenvalue weighted by Crippen LogP contribution is 2.19. The normalized spacial score (nSPS) is 16.6. The number of carbonyl (C=O) groups is 14. The number of primary amides is 2. The number of amides is 13. The lowest BCUT2D eigenvalue weighted by atomic mass is 10.00. The van der Waals surface area contributed by atoms with Crippen LogP contribution < -0.4 is 70.4 Å². The first-order valence-electron chi connectivity index (χ1n) is 27.9. The second kappa shape index (κ2) is 38.1. The van der Waals surface area contributed by atoms with Crippen LogP contribution in [0.15, 0.2) is 24.3 Å². The molecule has 0 aromatic heterocycles. The Bertz CT molecular complexity index is 2640. The van der Waals surface area contributed by atoms with E-state index in [0.717, 1.165) is 4.90 Å². The molecule has 1 aromatic carbocycles. The molecule has 0 spiro atoms. The number of carboxylic acids is 1. The first-order valence-corrected chi connectivity index (χ1v) is 30.6. The second-order valence-electron chi connectivity index (χ2n) is 21.5. The molecule has 0 aliphatic carbocycles. The number of likely N-dealkylation sites (tertiary alicyclic amines) is 1. The van der Waals surface area contributed by atoms with Crippen LogP contribution >= 0.6 is 37.0 Å². The minimum Gasteiger partial charge on any atom is -0.508 e. The number of benzene rings is 1. The Hall–Kier alpha value is -7.47. The molecule has 35 heteroatoms. The predicted octanol–water partition coefficient (Wildman–Crippen LogP) is -6.74. The number of rotatable bonds is 38. The maximum atomic E-state index is 14.4. The second-order valence-corrected chi connectivity index (χ2v) is 23.2. The van der Waals surface area contributed by atoms with E-state index in [0.29, 0.717) is 5.56 Å². The Morgan fingerprint density at radius 2 is 1.09 bits per heavy atom. The summed E-state index contributed by atoms with van der Waals surface area (Å²) in [7, 11) is 0. The van der Waals surface area contributed by atoms with Crippen molar-refractivity contribution in [3.8, 4) is 5.75 Å². The molecule has 13 amide bonds. The van der Waals surface area contributed by atoms with Crippen molar-refractivity contribution in [2.45, 2.75) is 152 Å². The molecule has 492 valence electrons. The van der Waals surface area contributed by atoms with Gasteiger partial charge >= 0.3 is 5.97 Å². The van der Waals surface area contributed by atoms with E-state index in [1.807, 2.05) is 0 Å². The Kier molecular flexibility index (Phi) is 33.1. The fourth-order valence-electron chi connectivity index (χ4n) is 8.57. The number of aromatic hydroxyl groups is 1. The highest BCUT2D eigenvalue weighted by atomic mass is 32.2. The third-order valence-corrected chi connectivity index (χ3v) is 14.8. The molecule has 12 atom stereocenters. The molecule has 20 N–H and O–H groups in total. The zero-order valence-electron chi connectivity index (χ0n) is 49.6. The van der Waals surface area contributed by atoms with Gasteiger partial charge in [-0.2, -0.15) is 37.0 Å². The molecular formula is C53H84N14O18S3. The molecule has 0 bridgehead atoms. The SMILES string of the molecule is CSCC[C@H](NC(=O)[C@H](Cc1ccc(O)cc1)NC(=O)[C@@H](NC(=O)[C@H](CO)NC(=O)[C@@H]1CCCN1C(=O)CNC(=O)[C@H](CC(N)=O)NC(=O)[C@H](CS)NC(=O)[C@@H](N)[C@@H](C)O)C(C)C)C(=O)N[C@@H](CC(N)=O)C(=O)N[C@@H](CS)C(=O)N[C@@H](CC(C)C)C(=O)O. The molecule has 0 unspecified atom stereocenters. The number of phenols is 1. The summed E-state index contributed by atoms with van der Waals surface area (Å²) in [4.78, 5) is 186. The van der Waals surface area contributed by atoms with Gasteiger partial charge in [0.05, 0.1) is 32.1 Å². The van der Waals surface area contributed by atoms with Crippen molar-refractivity contribution in [3.05, 3.63) is 29.8 Å². The quantitative estimate of drug-likeness (QED) is 0.0274. The minimum absolute atomic E-state index is 0.0110. The van der Waals surface area contributed by atoms with E-state index in [-0.39, 0.29) is 67.6 Å². The van der Waals surface area contributed by atoms with Gasteiger partial charge in [-0.05, 0) is 74.1 Å². The van der Waals surface area contributed by atoms with Crippen molar-refractivity contribution in [2.24, 2.45) is 29.0 Å². The largest absolute Gasteiger partial charge is 0.508 e. The molecule has 1 aliphatic heterocycles. The maximum absolute atomic E-state index is 14.4. The van der Waals surface area contributed by atoms with Gasteiger partial charge < -0.3 is 95.7 Å². The number of aliphatic hydroxyl groups is 2. The molecule has 2 rings (SSSR count). The van der Waals surface area contributed by atoms with E-state index in [1.54, 1.807) is 20.1 Å². The number of nitrogens with one attached hydrogen (secondary N) is 10. The Morgan fingerprint density at radius 1 is 0.625 bits per heavy atom. The number of phenolic OH excluding ortho intramolecular Hbond substituents is 1. The van der Waals surface area contributed by atoms with Crippen LogP contribution in [0.5, 0.6) is 5.75 Å². The van der Waals surface area contributed by atoms with Crippen LogP contribution in [0.1, 0.15) is 78.7 Å². The molecule has 32 nitrogen and oxygen atoms in total. The molecule has 0 radical (unpaired) electrons. The highest BCUT2D eigenvalue weighted by Gasteiger charge is 2.39. The van der Waals surface area contributed by atoms with Gasteiger partial charge in [-0.1, -0.05) is 39.8 Å². The summed E-state index contributed by atoms with van der Waals surface area (Å²) in [6.07, 6.45) is -1.14. The lowest BCUT2D eigenvalue weighted by molar-refractivity contribution is -0.142. The van der Waals surface area contributed by atoms with Crippen molar-refractivity contribution in [1.82, 2.24) is 58.1 Å². The summed E-state index contributed by atoms with van der Waals surface area (Å²) in [6, 6.07) is -11.0. The lowest BCUT2D eigenvalue weighted by Crippen LogP contribution is -2.61. The van der Waals surface area contributed by atoms with Crippen LogP contribution in [-0.2, 0) is 73.5 Å². The van der Waals surface area contributed by atoms with Gasteiger partial charge in [0.15, 0.2) is 0 Å².